The number of rotatable bonds is 7. The Balaban J connectivity index is 1.13. The third-order valence-electron chi connectivity index (χ3n) is 16.1. The Morgan fingerprint density at radius 2 is 0.971 bits per heavy atom. The van der Waals surface area contributed by atoms with E-state index in [1.165, 1.54) is 118 Å². The lowest BCUT2D eigenvalue weighted by atomic mass is 9.57. The molecule has 69 heavy (non-hydrogen) atoms. The molecule has 2 aliphatic carbocycles. The molecule has 3 aliphatic rings. The van der Waals surface area contributed by atoms with Gasteiger partial charge in [0.05, 0.1) is 0 Å². The van der Waals surface area contributed by atoms with Gasteiger partial charge in [-0.3, -0.25) is 0 Å². The summed E-state index contributed by atoms with van der Waals surface area (Å²) in [5.74, 6) is 0. The molecule has 1 heterocycles. The predicted molar refractivity (Wildman–Crippen MR) is 297 cm³/mol. The number of hydrogen-bond acceptors (Lipinski definition) is 2. The van der Waals surface area contributed by atoms with Crippen molar-refractivity contribution in [3.8, 4) is 55.6 Å². The minimum absolute atomic E-state index is 0.0529. The van der Waals surface area contributed by atoms with Crippen molar-refractivity contribution in [2.45, 2.75) is 77.6 Å². The molecule has 1 N–H and O–H groups in total. The lowest BCUT2D eigenvalue weighted by Crippen LogP contribution is -2.41. The Kier molecular flexibility index (Phi) is 10.0. The highest BCUT2D eigenvalue weighted by atomic mass is 15.2. The Morgan fingerprint density at radius 3 is 1.64 bits per heavy atom. The van der Waals surface area contributed by atoms with Crippen molar-refractivity contribution in [3.63, 3.8) is 0 Å². The minimum atomic E-state index is -0.167. The summed E-state index contributed by atoms with van der Waals surface area (Å²) in [5.41, 5.74) is 27.9. The van der Waals surface area contributed by atoms with Crippen molar-refractivity contribution >= 4 is 46.6 Å². The van der Waals surface area contributed by atoms with Gasteiger partial charge in [0.25, 0.3) is 0 Å². The van der Waals surface area contributed by atoms with Crippen LogP contribution >= 0.6 is 0 Å². The fraction of sp³-hybridized carbons (Fsp3) is 0.182. The summed E-state index contributed by atoms with van der Waals surface area (Å²) in [5, 5.41) is 4.05. The van der Waals surface area contributed by atoms with Crippen LogP contribution < -0.4 is 21.1 Å². The summed E-state index contributed by atoms with van der Waals surface area (Å²) in [6, 6.07) is 72.8. The molecule has 0 unspecified atom stereocenters. The van der Waals surface area contributed by atoms with E-state index in [9.17, 15) is 0 Å². The van der Waals surface area contributed by atoms with Crippen LogP contribution in [-0.2, 0) is 16.2 Å². The van der Waals surface area contributed by atoms with Gasteiger partial charge in [-0.05, 0) is 162 Å². The zero-order valence-corrected chi connectivity index (χ0v) is 41.0. The first-order valence-electron chi connectivity index (χ1n) is 24.9. The lowest BCUT2D eigenvalue weighted by Gasteiger charge is -2.44. The van der Waals surface area contributed by atoms with Gasteiger partial charge in [-0.2, -0.15) is 0 Å². The summed E-state index contributed by atoms with van der Waals surface area (Å²) in [6.07, 6.45) is 2.34. The van der Waals surface area contributed by atoms with E-state index in [1.54, 1.807) is 0 Å². The molecule has 0 fully saturated rings. The topological polar surface area (TPSA) is 15.3 Å². The van der Waals surface area contributed by atoms with Crippen LogP contribution in [0.15, 0.2) is 194 Å². The first kappa shape index (κ1) is 43.0. The molecule has 9 aromatic rings. The minimum Gasteiger partial charge on any atom is -0.355 e. The third kappa shape index (κ3) is 7.25. The molecule has 0 bridgehead atoms. The maximum absolute atomic E-state index is 4.05. The third-order valence-corrected chi connectivity index (χ3v) is 16.1. The zero-order valence-electron chi connectivity index (χ0n) is 41.0. The van der Waals surface area contributed by atoms with Crippen LogP contribution in [0.4, 0.5) is 28.4 Å². The highest BCUT2D eigenvalue weighted by Crippen LogP contribution is 2.54. The van der Waals surface area contributed by atoms with E-state index in [2.05, 4.69) is 253 Å². The fourth-order valence-corrected chi connectivity index (χ4v) is 12.0. The second-order valence-electron chi connectivity index (χ2n) is 21.7. The van der Waals surface area contributed by atoms with Crippen molar-refractivity contribution in [2.75, 3.05) is 10.2 Å². The van der Waals surface area contributed by atoms with Crippen molar-refractivity contribution < 1.29 is 0 Å². The van der Waals surface area contributed by atoms with E-state index < -0.39 is 0 Å². The molecule has 3 heteroatoms. The highest BCUT2D eigenvalue weighted by Gasteiger charge is 2.40. The van der Waals surface area contributed by atoms with Crippen molar-refractivity contribution in [3.05, 3.63) is 222 Å². The number of hydrogen-bond donors (Lipinski definition) is 1. The van der Waals surface area contributed by atoms with E-state index in [0.29, 0.717) is 0 Å². The molecule has 0 atom stereocenters. The lowest BCUT2D eigenvalue weighted by molar-refractivity contribution is 0.332. The number of aryl methyl sites for hydroxylation is 1. The molecule has 9 aromatic carbocycles. The molecule has 2 nitrogen and oxygen atoms in total. The molecule has 1 aliphatic heterocycles. The van der Waals surface area contributed by atoms with Crippen molar-refractivity contribution in [1.29, 1.82) is 0 Å². The van der Waals surface area contributed by atoms with Gasteiger partial charge in [-0.15, -0.1) is 0 Å². The van der Waals surface area contributed by atoms with Gasteiger partial charge in [0, 0.05) is 39.4 Å². The van der Waals surface area contributed by atoms with Crippen molar-refractivity contribution in [2.24, 2.45) is 0 Å². The molecule has 336 valence electrons. The van der Waals surface area contributed by atoms with E-state index in [1.807, 2.05) is 0 Å². The van der Waals surface area contributed by atoms with Gasteiger partial charge < -0.3 is 10.2 Å². The first-order chi connectivity index (χ1) is 33.3. The van der Waals surface area contributed by atoms with Crippen LogP contribution in [0, 0.1) is 6.92 Å². The SMILES string of the molecule is Cc1cc2c(cc1N1c3ccc(-c4ccccc4)cc3Bc3c(-c4cc5c(cc4Nc4ccc(-c6ccccc6)cc4)C(C)(C)c4ccccc4-5)cc(-c4ccccc4)cc31)C(C)(C)CCC2(C)C. The summed E-state index contributed by atoms with van der Waals surface area (Å²) >= 11 is 0. The van der Waals surface area contributed by atoms with Gasteiger partial charge in [-0.25, -0.2) is 0 Å². The van der Waals surface area contributed by atoms with Crippen LogP contribution in [0.5, 0.6) is 0 Å². The first-order valence-corrected chi connectivity index (χ1v) is 24.9. The number of fused-ring (bicyclic) bond motifs is 6. The van der Waals surface area contributed by atoms with E-state index in [0.717, 1.165) is 25.1 Å². The van der Waals surface area contributed by atoms with E-state index in [4.69, 9.17) is 0 Å². The van der Waals surface area contributed by atoms with Crippen molar-refractivity contribution in [1.82, 2.24) is 0 Å². The van der Waals surface area contributed by atoms with Crippen LogP contribution in [0.1, 0.15) is 82.2 Å². The van der Waals surface area contributed by atoms with Crippen LogP contribution in [0.25, 0.3) is 55.6 Å². The summed E-state index contributed by atoms with van der Waals surface area (Å²) in [4.78, 5) is 2.63. The summed E-state index contributed by atoms with van der Waals surface area (Å²) in [7, 11) is 0.791. The number of anilines is 5. The normalized spacial score (nSPS) is 15.5. The zero-order chi connectivity index (χ0) is 47.2. The summed E-state index contributed by atoms with van der Waals surface area (Å²) < 4.78 is 0. The van der Waals surface area contributed by atoms with Crippen LogP contribution in [0.2, 0.25) is 0 Å². The Morgan fingerprint density at radius 1 is 0.406 bits per heavy atom. The smallest absolute Gasteiger partial charge is 0.198 e. The molecule has 12 rings (SSSR count). The highest BCUT2D eigenvalue weighted by molar-refractivity contribution is 6.73. The van der Waals surface area contributed by atoms with Crippen LogP contribution in [-0.4, -0.2) is 7.28 Å². The largest absolute Gasteiger partial charge is 0.355 e. The quantitative estimate of drug-likeness (QED) is 0.160. The van der Waals surface area contributed by atoms with E-state index >= 15 is 0 Å². The number of nitrogens with zero attached hydrogens (tertiary/aromatic N) is 1. The molecule has 0 amide bonds. The molecular weight excluding hydrogens is 832 g/mol. The van der Waals surface area contributed by atoms with Gasteiger partial charge in [0.2, 0.25) is 0 Å². The standard InChI is InChI=1S/C66H59BN2/c1-42-35-56-57(65(4,5)34-33-64(56,2)3)41-61(42)69-60-32-29-47(44-21-13-9-14-22-44)37-58(60)67-63-53(36-48(38-62(63)69)45-23-15-10-16-24-45)52-39-51-50-25-17-18-26-54(50)66(6,7)55(51)40-59(52)68-49-30-27-46(28-31-49)43-19-11-8-12-20-43/h8-32,35-41,67-68H,33-34H2,1-7H3. The van der Waals surface area contributed by atoms with Gasteiger partial charge in [-0.1, -0.05) is 193 Å². The van der Waals surface area contributed by atoms with Crippen LogP contribution in [0.3, 0.4) is 0 Å². The molecule has 0 spiro atoms. The van der Waals surface area contributed by atoms with E-state index in [-0.39, 0.29) is 16.2 Å². The number of nitrogens with one attached hydrogen (secondary N) is 1. The Bertz CT molecular complexity index is 3460. The number of benzene rings is 9. The Hall–Kier alpha value is -7.36. The molecular formula is C66H59BN2. The van der Waals surface area contributed by atoms with Gasteiger partial charge >= 0.3 is 0 Å². The summed E-state index contributed by atoms with van der Waals surface area (Å²) in [6.45, 7) is 16.9. The maximum Gasteiger partial charge on any atom is 0.198 e. The molecule has 0 saturated carbocycles. The molecule has 0 saturated heterocycles. The maximum atomic E-state index is 4.05. The second-order valence-corrected chi connectivity index (χ2v) is 21.7. The average Bonchev–Trinajstić information content (AvgIpc) is 3.59. The molecule has 0 aromatic heterocycles. The van der Waals surface area contributed by atoms with Gasteiger partial charge in [0.15, 0.2) is 7.28 Å². The van der Waals surface area contributed by atoms with Gasteiger partial charge in [0.1, 0.15) is 0 Å². The monoisotopic (exact) mass is 890 g/mol. The molecule has 0 radical (unpaired) electrons. The average molecular weight is 891 g/mol. The second kappa shape index (κ2) is 16.1. The Labute approximate surface area is 410 Å². The predicted octanol–water partition coefficient (Wildman–Crippen LogP) is 16.2. The fourth-order valence-electron chi connectivity index (χ4n) is 12.0.